The smallest absolute Gasteiger partial charge is 0.328 e. The van der Waals surface area contributed by atoms with Crippen LogP contribution in [0.4, 0.5) is 10.6 Å². The average Bonchev–Trinajstić information content (AvgIpc) is 2.89. The van der Waals surface area contributed by atoms with Gasteiger partial charge in [0.15, 0.2) is 5.82 Å². The topological polar surface area (TPSA) is 50.6 Å². The summed E-state index contributed by atoms with van der Waals surface area (Å²) in [6.45, 7) is 1.59. The third-order valence-electron chi connectivity index (χ3n) is 3.64. The molecule has 4 heterocycles. The lowest BCUT2D eigenvalue weighted by Crippen LogP contribution is -2.56. The molecule has 1 aromatic heterocycles. The summed E-state index contributed by atoms with van der Waals surface area (Å²) >= 11 is 1.72. The molecule has 1 fully saturated rings. The summed E-state index contributed by atoms with van der Waals surface area (Å²) in [6.07, 6.45) is 1.81. The minimum Gasteiger partial charge on any atom is -0.340 e. The van der Waals surface area contributed by atoms with E-state index < -0.39 is 5.06 Å². The maximum atomic E-state index is 12.2. The molecule has 3 aliphatic heterocycles. The molecule has 7 heteroatoms. The van der Waals surface area contributed by atoms with E-state index in [9.17, 15) is 4.79 Å². The molecule has 2 bridgehead atoms. The summed E-state index contributed by atoms with van der Waals surface area (Å²) in [7, 11) is 3.54. The van der Waals surface area contributed by atoms with Crippen molar-refractivity contribution in [3.63, 3.8) is 0 Å². The minimum absolute atomic E-state index is 0.0715. The molecule has 1 spiro atoms. The Labute approximate surface area is 103 Å². The molecule has 1 saturated heterocycles. The second-order valence-corrected chi connectivity index (χ2v) is 6.06. The van der Waals surface area contributed by atoms with Crippen LogP contribution in [0, 0.1) is 0 Å². The highest BCUT2D eigenvalue weighted by Crippen LogP contribution is 2.55. The Morgan fingerprint density at radius 3 is 3.24 bits per heavy atom. The summed E-state index contributed by atoms with van der Waals surface area (Å²) < 4.78 is 8.06. The van der Waals surface area contributed by atoms with E-state index in [1.807, 2.05) is 6.33 Å². The third kappa shape index (κ3) is 0.938. The summed E-state index contributed by atoms with van der Waals surface area (Å²) in [5, 5.41) is -0.249. The van der Waals surface area contributed by atoms with Crippen molar-refractivity contribution in [2.24, 2.45) is 0 Å². The maximum absolute atomic E-state index is 12.2. The van der Waals surface area contributed by atoms with Crippen molar-refractivity contribution in [2.75, 3.05) is 25.6 Å². The average molecular weight is 252 g/mol. The Morgan fingerprint density at radius 2 is 2.41 bits per heavy atom. The zero-order valence-corrected chi connectivity index (χ0v) is 10.4. The van der Waals surface area contributed by atoms with Crippen LogP contribution in [0.25, 0.3) is 0 Å². The van der Waals surface area contributed by atoms with E-state index in [0.29, 0.717) is 11.9 Å². The third-order valence-corrected chi connectivity index (χ3v) is 5.17. The van der Waals surface area contributed by atoms with Gasteiger partial charge in [0.05, 0.1) is 18.2 Å². The second kappa shape index (κ2) is 2.78. The molecule has 0 N–H and O–H groups in total. The maximum Gasteiger partial charge on any atom is 0.328 e. The van der Waals surface area contributed by atoms with Crippen LogP contribution in [0.5, 0.6) is 0 Å². The number of aromatic nitrogens is 2. The number of anilines is 1. The molecule has 1 aromatic rings. The van der Waals surface area contributed by atoms with Crippen LogP contribution in [-0.4, -0.2) is 46.4 Å². The first-order valence-electron chi connectivity index (χ1n) is 5.52. The summed E-state index contributed by atoms with van der Waals surface area (Å²) in [5.74, 6) is 0.723. The van der Waals surface area contributed by atoms with E-state index in [1.165, 1.54) is 0 Å². The lowest BCUT2D eigenvalue weighted by molar-refractivity contribution is -0.0457. The number of thioether (sulfide) groups is 1. The van der Waals surface area contributed by atoms with Gasteiger partial charge in [-0.2, -0.15) is 0 Å². The quantitative estimate of drug-likeness (QED) is 0.680. The number of rotatable bonds is 0. The van der Waals surface area contributed by atoms with Gasteiger partial charge in [-0.25, -0.2) is 9.78 Å². The number of amides is 2. The Kier molecular flexibility index (Phi) is 1.60. The van der Waals surface area contributed by atoms with E-state index in [2.05, 4.69) is 9.55 Å². The first-order valence-corrected chi connectivity index (χ1v) is 6.40. The molecule has 4 rings (SSSR count). The van der Waals surface area contributed by atoms with E-state index in [1.54, 1.807) is 35.7 Å². The van der Waals surface area contributed by atoms with E-state index in [4.69, 9.17) is 4.74 Å². The Bertz CT molecular complexity index is 530. The van der Waals surface area contributed by atoms with Crippen molar-refractivity contribution in [1.82, 2.24) is 14.5 Å². The highest BCUT2D eigenvalue weighted by atomic mass is 32.2. The largest absolute Gasteiger partial charge is 0.340 e. The number of hydrogen-bond donors (Lipinski definition) is 0. The standard InChI is InChI=1S/C10H12N4O2S/c1-12-8-7-10(13(2)9(12)15)16-4-6(17-10)3-14(7)5-11-8/h5-6H,3-4H2,1-2H3. The van der Waals surface area contributed by atoms with Crippen LogP contribution in [0.1, 0.15) is 5.69 Å². The SMILES string of the molecule is CN1C(=O)N(C)C23OCC(Cn4cnc1c42)S3. The first kappa shape index (κ1) is 9.78. The molecular weight excluding hydrogens is 240 g/mol. The van der Waals surface area contributed by atoms with Crippen LogP contribution in [0.2, 0.25) is 0 Å². The molecule has 2 atom stereocenters. The van der Waals surface area contributed by atoms with Crippen LogP contribution in [-0.2, 0) is 16.3 Å². The van der Waals surface area contributed by atoms with Crippen LogP contribution in [0.3, 0.4) is 0 Å². The fourth-order valence-electron chi connectivity index (χ4n) is 2.79. The first-order chi connectivity index (χ1) is 8.13. The monoisotopic (exact) mass is 252 g/mol. The fraction of sp³-hybridized carbons (Fsp3) is 0.600. The molecular formula is C10H12N4O2S. The number of carbonyl (C=O) groups is 1. The minimum atomic E-state index is -0.654. The molecule has 0 aliphatic carbocycles. The number of fused-ring (bicyclic) bond motifs is 1. The molecule has 0 aromatic carbocycles. The van der Waals surface area contributed by atoms with E-state index >= 15 is 0 Å². The van der Waals surface area contributed by atoms with Crippen LogP contribution in [0.15, 0.2) is 6.33 Å². The lowest BCUT2D eigenvalue weighted by atomic mass is 10.2. The summed E-state index contributed by atoms with van der Waals surface area (Å²) in [4.78, 5) is 19.8. The van der Waals surface area contributed by atoms with Crippen molar-refractivity contribution in [3.05, 3.63) is 12.0 Å². The van der Waals surface area contributed by atoms with Gasteiger partial charge in [-0.15, -0.1) is 0 Å². The number of nitrogens with zero attached hydrogens (tertiary/aromatic N) is 4. The van der Waals surface area contributed by atoms with Crippen LogP contribution >= 0.6 is 11.8 Å². The predicted molar refractivity (Wildman–Crippen MR) is 62.8 cm³/mol. The highest BCUT2D eigenvalue weighted by molar-refractivity contribution is 8.00. The zero-order valence-electron chi connectivity index (χ0n) is 9.58. The van der Waals surface area contributed by atoms with Crippen molar-refractivity contribution in [2.45, 2.75) is 16.9 Å². The predicted octanol–water partition coefficient (Wildman–Crippen LogP) is 0.641. The fourth-order valence-corrected chi connectivity index (χ4v) is 4.30. The van der Waals surface area contributed by atoms with Gasteiger partial charge in [-0.1, -0.05) is 11.8 Å². The molecule has 0 saturated carbocycles. The molecule has 17 heavy (non-hydrogen) atoms. The van der Waals surface area contributed by atoms with Crippen molar-refractivity contribution in [1.29, 1.82) is 0 Å². The van der Waals surface area contributed by atoms with Gasteiger partial charge in [-0.05, 0) is 0 Å². The lowest BCUT2D eigenvalue weighted by Gasteiger charge is -2.44. The molecule has 2 amide bonds. The molecule has 0 radical (unpaired) electrons. The highest BCUT2D eigenvalue weighted by Gasteiger charge is 2.58. The molecule has 6 nitrogen and oxygen atoms in total. The zero-order chi connectivity index (χ0) is 11.8. The number of ether oxygens (including phenoxy) is 1. The second-order valence-electron chi connectivity index (χ2n) is 4.60. The van der Waals surface area contributed by atoms with E-state index in [0.717, 1.165) is 18.1 Å². The van der Waals surface area contributed by atoms with Gasteiger partial charge in [-0.3, -0.25) is 9.80 Å². The van der Waals surface area contributed by atoms with Gasteiger partial charge in [0.2, 0.25) is 5.06 Å². The molecule has 2 unspecified atom stereocenters. The van der Waals surface area contributed by atoms with Gasteiger partial charge in [0.1, 0.15) is 5.69 Å². The van der Waals surface area contributed by atoms with Crippen molar-refractivity contribution >= 4 is 23.6 Å². The number of urea groups is 1. The molecule has 90 valence electrons. The van der Waals surface area contributed by atoms with Crippen LogP contribution < -0.4 is 4.90 Å². The Balaban J connectivity index is 2.03. The number of imidazole rings is 1. The van der Waals surface area contributed by atoms with Crippen molar-refractivity contribution < 1.29 is 9.53 Å². The Morgan fingerprint density at radius 1 is 1.59 bits per heavy atom. The van der Waals surface area contributed by atoms with E-state index in [-0.39, 0.29) is 6.03 Å². The summed E-state index contributed by atoms with van der Waals surface area (Å²) in [6, 6.07) is -0.0715. The van der Waals surface area contributed by atoms with Gasteiger partial charge in [0, 0.05) is 20.6 Å². The molecule has 3 aliphatic rings. The number of hydrogen-bond acceptors (Lipinski definition) is 4. The van der Waals surface area contributed by atoms with Crippen molar-refractivity contribution in [3.8, 4) is 0 Å². The Hall–Kier alpha value is -1.21. The van der Waals surface area contributed by atoms with Gasteiger partial charge < -0.3 is 9.30 Å². The van der Waals surface area contributed by atoms with Gasteiger partial charge in [0.25, 0.3) is 0 Å². The summed E-state index contributed by atoms with van der Waals surface area (Å²) in [5.41, 5.74) is 1.00. The normalized spacial score (nSPS) is 34.2. The van der Waals surface area contributed by atoms with Gasteiger partial charge >= 0.3 is 6.03 Å². The number of carbonyl (C=O) groups excluding carboxylic acids is 1.